The fourth-order valence-electron chi connectivity index (χ4n) is 2.41. The Labute approximate surface area is 153 Å². The minimum Gasteiger partial charge on any atom is -0.376 e. The second kappa shape index (κ2) is 9.08. The number of amides is 2. The van der Waals surface area contributed by atoms with Gasteiger partial charge in [-0.3, -0.25) is 9.59 Å². The number of rotatable bonds is 7. The van der Waals surface area contributed by atoms with Crippen molar-refractivity contribution in [1.82, 2.24) is 4.90 Å². The van der Waals surface area contributed by atoms with Crippen LogP contribution >= 0.6 is 11.6 Å². The fourth-order valence-corrected chi connectivity index (χ4v) is 2.60. The zero-order valence-corrected chi connectivity index (χ0v) is 15.1. The number of nitrogens with one attached hydrogen (secondary N) is 2. The van der Waals surface area contributed by atoms with E-state index in [0.717, 1.165) is 5.69 Å². The molecule has 0 aliphatic rings. The van der Waals surface area contributed by atoms with Crippen LogP contribution in [0.5, 0.6) is 0 Å². The third-order valence-electron chi connectivity index (χ3n) is 3.72. The SMILES string of the molecule is CCN(CC)C(=O)c1cccc(NCC(=O)Nc2cccc(Cl)c2)c1. The highest BCUT2D eigenvalue weighted by atomic mass is 35.5. The summed E-state index contributed by atoms with van der Waals surface area (Å²) in [6.45, 7) is 5.31. The van der Waals surface area contributed by atoms with Crippen LogP contribution in [0.2, 0.25) is 5.02 Å². The molecule has 132 valence electrons. The first-order chi connectivity index (χ1) is 12.0. The lowest BCUT2D eigenvalue weighted by Crippen LogP contribution is -2.30. The van der Waals surface area contributed by atoms with Gasteiger partial charge in [-0.25, -0.2) is 0 Å². The van der Waals surface area contributed by atoms with Gasteiger partial charge in [0.1, 0.15) is 0 Å². The van der Waals surface area contributed by atoms with E-state index < -0.39 is 0 Å². The normalized spacial score (nSPS) is 10.2. The molecule has 5 nitrogen and oxygen atoms in total. The fraction of sp³-hybridized carbons (Fsp3) is 0.263. The molecule has 0 bridgehead atoms. The van der Waals surface area contributed by atoms with Gasteiger partial charge in [-0.1, -0.05) is 23.7 Å². The molecule has 0 aliphatic heterocycles. The molecule has 2 N–H and O–H groups in total. The molecule has 0 heterocycles. The van der Waals surface area contributed by atoms with Crippen LogP contribution in [0.3, 0.4) is 0 Å². The van der Waals surface area contributed by atoms with Gasteiger partial charge in [-0.05, 0) is 50.2 Å². The van der Waals surface area contributed by atoms with Crippen LogP contribution in [-0.2, 0) is 4.79 Å². The Morgan fingerprint density at radius 2 is 1.68 bits per heavy atom. The van der Waals surface area contributed by atoms with Gasteiger partial charge in [0, 0.05) is 35.1 Å². The van der Waals surface area contributed by atoms with E-state index in [2.05, 4.69) is 10.6 Å². The molecule has 2 aromatic carbocycles. The zero-order chi connectivity index (χ0) is 18.2. The molecule has 0 unspecified atom stereocenters. The summed E-state index contributed by atoms with van der Waals surface area (Å²) in [4.78, 5) is 26.2. The van der Waals surface area contributed by atoms with Crippen molar-refractivity contribution in [2.45, 2.75) is 13.8 Å². The third-order valence-corrected chi connectivity index (χ3v) is 3.96. The van der Waals surface area contributed by atoms with Crippen molar-refractivity contribution in [2.24, 2.45) is 0 Å². The molecule has 25 heavy (non-hydrogen) atoms. The number of anilines is 2. The van der Waals surface area contributed by atoms with E-state index in [1.54, 1.807) is 47.4 Å². The Morgan fingerprint density at radius 3 is 2.36 bits per heavy atom. The van der Waals surface area contributed by atoms with Gasteiger partial charge in [0.15, 0.2) is 0 Å². The lowest BCUT2D eigenvalue weighted by Gasteiger charge is -2.19. The van der Waals surface area contributed by atoms with Crippen LogP contribution in [0.25, 0.3) is 0 Å². The maximum Gasteiger partial charge on any atom is 0.253 e. The number of carbonyl (C=O) groups is 2. The predicted octanol–water partition coefficient (Wildman–Crippen LogP) is 3.87. The minimum atomic E-state index is -0.192. The van der Waals surface area contributed by atoms with E-state index in [-0.39, 0.29) is 18.4 Å². The van der Waals surface area contributed by atoms with Crippen molar-refractivity contribution >= 4 is 34.8 Å². The van der Waals surface area contributed by atoms with Gasteiger partial charge < -0.3 is 15.5 Å². The third kappa shape index (κ3) is 5.50. The smallest absolute Gasteiger partial charge is 0.253 e. The van der Waals surface area contributed by atoms with Crippen LogP contribution in [-0.4, -0.2) is 36.3 Å². The van der Waals surface area contributed by atoms with Crippen LogP contribution in [0.15, 0.2) is 48.5 Å². The highest BCUT2D eigenvalue weighted by Gasteiger charge is 2.12. The number of halogens is 1. The van der Waals surface area contributed by atoms with E-state index in [0.29, 0.717) is 29.4 Å². The Hall–Kier alpha value is -2.53. The standard InChI is InChI=1S/C19H22ClN3O2/c1-3-23(4-2)19(25)14-7-5-9-16(11-14)21-13-18(24)22-17-10-6-8-15(20)12-17/h5-12,21H,3-4,13H2,1-2H3,(H,22,24). The number of nitrogens with zero attached hydrogens (tertiary/aromatic N) is 1. The van der Waals surface area contributed by atoms with Crippen molar-refractivity contribution in [3.05, 3.63) is 59.1 Å². The quantitative estimate of drug-likeness (QED) is 0.788. The molecule has 0 fully saturated rings. The van der Waals surface area contributed by atoms with Crippen LogP contribution < -0.4 is 10.6 Å². The van der Waals surface area contributed by atoms with Crippen molar-refractivity contribution in [3.63, 3.8) is 0 Å². The predicted molar refractivity (Wildman–Crippen MR) is 102 cm³/mol. The first-order valence-corrected chi connectivity index (χ1v) is 8.60. The highest BCUT2D eigenvalue weighted by Crippen LogP contribution is 2.15. The second-order valence-electron chi connectivity index (χ2n) is 5.47. The number of hydrogen-bond donors (Lipinski definition) is 2. The number of carbonyl (C=O) groups excluding carboxylic acids is 2. The van der Waals surface area contributed by atoms with Crippen molar-refractivity contribution in [3.8, 4) is 0 Å². The molecule has 0 saturated heterocycles. The average molecular weight is 360 g/mol. The molecular weight excluding hydrogens is 338 g/mol. The molecule has 0 aliphatic carbocycles. The van der Waals surface area contributed by atoms with Crippen LogP contribution in [0.4, 0.5) is 11.4 Å². The Kier molecular flexibility index (Phi) is 6.83. The Balaban J connectivity index is 1.95. The van der Waals surface area contributed by atoms with Gasteiger partial charge in [-0.2, -0.15) is 0 Å². The second-order valence-corrected chi connectivity index (χ2v) is 5.91. The van der Waals surface area contributed by atoms with E-state index >= 15 is 0 Å². The van der Waals surface area contributed by atoms with Gasteiger partial charge >= 0.3 is 0 Å². The first-order valence-electron chi connectivity index (χ1n) is 8.22. The Bertz CT molecular complexity index is 745. The average Bonchev–Trinajstić information content (AvgIpc) is 2.61. The van der Waals surface area contributed by atoms with E-state index in [9.17, 15) is 9.59 Å². The molecule has 2 aromatic rings. The van der Waals surface area contributed by atoms with Gasteiger partial charge in [-0.15, -0.1) is 0 Å². The van der Waals surface area contributed by atoms with Gasteiger partial charge in [0.05, 0.1) is 6.54 Å². The zero-order valence-electron chi connectivity index (χ0n) is 14.4. The summed E-state index contributed by atoms with van der Waals surface area (Å²) in [5.74, 6) is -0.209. The van der Waals surface area contributed by atoms with Gasteiger partial charge in [0.25, 0.3) is 5.91 Å². The summed E-state index contributed by atoms with van der Waals surface area (Å²) < 4.78 is 0. The van der Waals surface area contributed by atoms with E-state index in [1.165, 1.54) is 0 Å². The lowest BCUT2D eigenvalue weighted by atomic mass is 10.1. The van der Waals surface area contributed by atoms with Crippen molar-refractivity contribution in [1.29, 1.82) is 0 Å². The molecule has 0 radical (unpaired) electrons. The molecule has 0 spiro atoms. The summed E-state index contributed by atoms with van der Waals surface area (Å²) in [7, 11) is 0. The largest absolute Gasteiger partial charge is 0.376 e. The van der Waals surface area contributed by atoms with Crippen molar-refractivity contribution in [2.75, 3.05) is 30.3 Å². The number of hydrogen-bond acceptors (Lipinski definition) is 3. The molecule has 6 heteroatoms. The maximum absolute atomic E-state index is 12.4. The highest BCUT2D eigenvalue weighted by molar-refractivity contribution is 6.30. The van der Waals surface area contributed by atoms with E-state index in [1.807, 2.05) is 19.9 Å². The molecule has 2 rings (SSSR count). The minimum absolute atomic E-state index is 0.0166. The topological polar surface area (TPSA) is 61.4 Å². The first kappa shape index (κ1) is 18.8. The summed E-state index contributed by atoms with van der Waals surface area (Å²) in [6.07, 6.45) is 0. The molecule has 0 saturated carbocycles. The van der Waals surface area contributed by atoms with Crippen LogP contribution in [0.1, 0.15) is 24.2 Å². The molecule has 0 aromatic heterocycles. The summed E-state index contributed by atoms with van der Waals surface area (Å²) in [5.41, 5.74) is 1.97. The van der Waals surface area contributed by atoms with Crippen molar-refractivity contribution < 1.29 is 9.59 Å². The van der Waals surface area contributed by atoms with E-state index in [4.69, 9.17) is 11.6 Å². The van der Waals surface area contributed by atoms with Crippen LogP contribution in [0, 0.1) is 0 Å². The summed E-state index contributed by atoms with van der Waals surface area (Å²) in [5, 5.41) is 6.36. The molecule has 0 atom stereocenters. The lowest BCUT2D eigenvalue weighted by molar-refractivity contribution is -0.114. The number of benzene rings is 2. The molecule has 2 amide bonds. The monoisotopic (exact) mass is 359 g/mol. The van der Waals surface area contributed by atoms with Gasteiger partial charge in [0.2, 0.25) is 5.91 Å². The Morgan fingerprint density at radius 1 is 1.00 bits per heavy atom. The molecular formula is C19H22ClN3O2. The summed E-state index contributed by atoms with van der Waals surface area (Å²) in [6, 6.07) is 14.1. The summed E-state index contributed by atoms with van der Waals surface area (Å²) >= 11 is 5.89. The maximum atomic E-state index is 12.4.